The normalized spacial score (nSPS) is 11.0. The summed E-state index contributed by atoms with van der Waals surface area (Å²) in [5, 5.41) is 56.7. The summed E-state index contributed by atoms with van der Waals surface area (Å²) in [5.74, 6) is 0. The van der Waals surface area contributed by atoms with E-state index in [1.807, 2.05) is 152 Å². The lowest BCUT2D eigenvalue weighted by atomic mass is 9.96. The predicted octanol–water partition coefficient (Wildman–Crippen LogP) is 18.3. The molecule has 0 bridgehead atoms. The molecule has 14 aromatic rings. The van der Waals surface area contributed by atoms with E-state index >= 15 is 0 Å². The van der Waals surface area contributed by atoms with Gasteiger partial charge in [-0.25, -0.2) is 4.98 Å². The quantitative estimate of drug-likeness (QED) is 0.141. The monoisotopic (exact) mass is 1070 g/mol. The molecule has 3 heterocycles. The van der Waals surface area contributed by atoms with Crippen molar-refractivity contribution in [2.24, 2.45) is 0 Å². The Hall–Kier alpha value is -12.4. The van der Waals surface area contributed by atoms with Gasteiger partial charge in [-0.1, -0.05) is 158 Å². The number of pyridine rings is 1. The highest BCUT2D eigenvalue weighted by Crippen LogP contribution is 2.45. The lowest BCUT2D eigenvalue weighted by Crippen LogP contribution is -2.04. The zero-order chi connectivity index (χ0) is 56.8. The Labute approximate surface area is 484 Å². The molecule has 84 heavy (non-hydrogen) atoms. The predicted molar refractivity (Wildman–Crippen MR) is 335 cm³/mol. The van der Waals surface area contributed by atoms with Crippen molar-refractivity contribution in [2.75, 3.05) is 0 Å². The van der Waals surface area contributed by atoms with Gasteiger partial charge in [-0.15, -0.1) is 0 Å². The van der Waals surface area contributed by atoms with E-state index in [1.165, 1.54) is 0 Å². The molecule has 0 N–H and O–H groups in total. The van der Waals surface area contributed by atoms with Crippen LogP contribution in [0.4, 0.5) is 0 Å². The number of benzene rings is 11. The van der Waals surface area contributed by atoms with E-state index in [4.69, 9.17) is 4.98 Å². The molecular weight excluding hydrogens is 1020 g/mol. The third-order valence-corrected chi connectivity index (χ3v) is 16.0. The molecule has 14 rings (SSSR count). The van der Waals surface area contributed by atoms with Crippen LogP contribution in [-0.2, 0) is 0 Å². The van der Waals surface area contributed by atoms with Crippen molar-refractivity contribution in [3.05, 3.63) is 283 Å². The SMILES string of the molecule is N#Cc1ccccc1-c1ccc2c(c1)c1cc(-c3ccccc3C#N)ccc1n2-c1cc(-c2cc(-c3ccccc3)nc(-c3ccccc3)c2)c(-n2c3ccc(-c4ccccc4C#N)cc3c3cc(-c4ccccc4C#N)ccc32)cc1C#N. The number of nitriles is 5. The van der Waals surface area contributed by atoms with Crippen LogP contribution < -0.4 is 0 Å². The maximum Gasteiger partial charge on any atom is 0.101 e. The van der Waals surface area contributed by atoms with Crippen LogP contribution in [0, 0.1) is 56.7 Å². The first-order chi connectivity index (χ1) is 41.4. The molecule has 0 radical (unpaired) electrons. The highest BCUT2D eigenvalue weighted by molar-refractivity contribution is 6.14. The maximum atomic E-state index is 11.8. The van der Waals surface area contributed by atoms with Crippen LogP contribution in [0.2, 0.25) is 0 Å². The molecule has 0 atom stereocenters. The van der Waals surface area contributed by atoms with Crippen LogP contribution in [0.5, 0.6) is 0 Å². The van der Waals surface area contributed by atoms with Crippen LogP contribution in [0.15, 0.2) is 255 Å². The van der Waals surface area contributed by atoms with Gasteiger partial charge in [-0.2, -0.15) is 26.3 Å². The first-order valence-corrected chi connectivity index (χ1v) is 27.3. The number of rotatable bonds is 9. The molecule has 8 heteroatoms. The third kappa shape index (κ3) is 8.39. The molecule has 0 aliphatic carbocycles. The van der Waals surface area contributed by atoms with E-state index < -0.39 is 0 Å². The number of hydrogen-bond acceptors (Lipinski definition) is 6. The van der Waals surface area contributed by atoms with Gasteiger partial charge in [0.2, 0.25) is 0 Å². The van der Waals surface area contributed by atoms with Crippen LogP contribution in [-0.4, -0.2) is 14.1 Å². The number of nitrogens with zero attached hydrogens (tertiary/aromatic N) is 8. The fourth-order valence-corrected chi connectivity index (χ4v) is 12.0. The Balaban J connectivity index is 1.11. The van der Waals surface area contributed by atoms with Crippen molar-refractivity contribution in [3.8, 4) is 120 Å². The van der Waals surface area contributed by atoms with E-state index in [0.717, 1.165) is 127 Å². The highest BCUT2D eigenvalue weighted by Gasteiger charge is 2.25. The van der Waals surface area contributed by atoms with Gasteiger partial charge in [0.1, 0.15) is 6.07 Å². The zero-order valence-corrected chi connectivity index (χ0v) is 44.8. The van der Waals surface area contributed by atoms with Gasteiger partial charge in [-0.05, 0) is 147 Å². The van der Waals surface area contributed by atoms with Gasteiger partial charge >= 0.3 is 0 Å². The second-order valence-electron chi connectivity index (χ2n) is 20.6. The Bertz CT molecular complexity index is 4980. The van der Waals surface area contributed by atoms with Gasteiger partial charge in [0.15, 0.2) is 0 Å². The summed E-state index contributed by atoms with van der Waals surface area (Å²) < 4.78 is 4.40. The van der Waals surface area contributed by atoms with E-state index in [9.17, 15) is 26.3 Å². The van der Waals surface area contributed by atoms with Gasteiger partial charge in [0.05, 0.1) is 96.9 Å². The lowest BCUT2D eigenvalue weighted by molar-refractivity contribution is 1.13. The van der Waals surface area contributed by atoms with Crippen molar-refractivity contribution >= 4 is 43.6 Å². The molecule has 0 aliphatic rings. The molecule has 0 amide bonds. The van der Waals surface area contributed by atoms with Crippen molar-refractivity contribution < 1.29 is 0 Å². The van der Waals surface area contributed by atoms with E-state index in [-0.39, 0.29) is 0 Å². The summed E-state index contributed by atoms with van der Waals surface area (Å²) in [7, 11) is 0. The van der Waals surface area contributed by atoms with E-state index in [0.29, 0.717) is 33.5 Å². The molecule has 0 unspecified atom stereocenters. The average molecular weight is 1070 g/mol. The summed E-state index contributed by atoms with van der Waals surface area (Å²) >= 11 is 0. The largest absolute Gasteiger partial charge is 0.309 e. The van der Waals surface area contributed by atoms with Gasteiger partial charge in [0.25, 0.3) is 0 Å². The molecule has 0 spiro atoms. The smallest absolute Gasteiger partial charge is 0.101 e. The first-order valence-electron chi connectivity index (χ1n) is 27.3. The highest BCUT2D eigenvalue weighted by atomic mass is 15.0. The fraction of sp³-hybridized carbons (Fsp3) is 0. The summed E-state index contributed by atoms with van der Waals surface area (Å²) in [4.78, 5) is 5.33. The van der Waals surface area contributed by atoms with Crippen LogP contribution in [0.1, 0.15) is 27.8 Å². The van der Waals surface area contributed by atoms with Gasteiger partial charge in [0, 0.05) is 38.2 Å². The molecule has 0 fully saturated rings. The first kappa shape index (κ1) is 49.9. The average Bonchev–Trinajstić information content (AvgIpc) is 3.16. The summed E-state index contributed by atoms with van der Waals surface area (Å²) in [6.45, 7) is 0. The van der Waals surface area contributed by atoms with Gasteiger partial charge in [-0.3, -0.25) is 0 Å². The van der Waals surface area contributed by atoms with E-state index in [2.05, 4.69) is 143 Å². The molecule has 0 saturated heterocycles. The van der Waals surface area contributed by atoms with Crippen molar-refractivity contribution in [2.45, 2.75) is 0 Å². The minimum Gasteiger partial charge on any atom is -0.309 e. The number of aromatic nitrogens is 3. The van der Waals surface area contributed by atoms with Crippen molar-refractivity contribution in [1.29, 1.82) is 26.3 Å². The Kier molecular flexibility index (Phi) is 12.3. The zero-order valence-electron chi connectivity index (χ0n) is 44.8. The van der Waals surface area contributed by atoms with Crippen LogP contribution >= 0.6 is 0 Å². The molecule has 11 aromatic carbocycles. The maximum absolute atomic E-state index is 11.8. The van der Waals surface area contributed by atoms with Crippen LogP contribution in [0.3, 0.4) is 0 Å². The standard InChI is InChI=1S/C76H42N8/c77-43-54-19-7-11-23-60(54)50-27-31-71-65(35-50)66-36-51(61-24-12-8-20-55(61)44-78)28-32-72(66)83(71)75-42-64(58-39-69(48-15-3-1-4-16-48)82-70(40-58)49-17-5-2-6-18-49)76(41-59(75)47-81)84-73-33-29-52(62-25-13-9-21-56(62)45-79)37-67(73)68-38-53(30-34-74(68)84)63-26-14-10-22-57(63)46-80/h1-42H. The van der Waals surface area contributed by atoms with Crippen molar-refractivity contribution in [3.63, 3.8) is 0 Å². The Morgan fingerprint density at radius 3 is 0.881 bits per heavy atom. The second kappa shape index (κ2) is 20.7. The van der Waals surface area contributed by atoms with Gasteiger partial charge < -0.3 is 9.13 Å². The molecule has 3 aromatic heterocycles. The topological polar surface area (TPSA) is 142 Å². The van der Waals surface area contributed by atoms with Crippen LogP contribution in [0.25, 0.3) is 133 Å². The molecular formula is C76H42N8. The molecule has 8 nitrogen and oxygen atoms in total. The molecule has 0 saturated carbocycles. The number of hydrogen-bond donors (Lipinski definition) is 0. The Morgan fingerprint density at radius 1 is 0.238 bits per heavy atom. The Morgan fingerprint density at radius 2 is 0.548 bits per heavy atom. The minimum absolute atomic E-state index is 0.403. The third-order valence-electron chi connectivity index (χ3n) is 16.0. The number of fused-ring (bicyclic) bond motifs is 6. The molecule has 386 valence electrons. The minimum atomic E-state index is 0.403. The summed E-state index contributed by atoms with van der Waals surface area (Å²) in [5.41, 5.74) is 19.1. The second-order valence-corrected chi connectivity index (χ2v) is 20.6. The summed E-state index contributed by atoms with van der Waals surface area (Å²) in [6, 6.07) is 96.3. The van der Waals surface area contributed by atoms with E-state index in [1.54, 1.807) is 0 Å². The van der Waals surface area contributed by atoms with Crippen molar-refractivity contribution in [1.82, 2.24) is 14.1 Å². The summed E-state index contributed by atoms with van der Waals surface area (Å²) in [6.07, 6.45) is 0. The molecule has 0 aliphatic heterocycles. The lowest BCUT2D eigenvalue weighted by Gasteiger charge is -2.20. The fourth-order valence-electron chi connectivity index (χ4n) is 12.0.